The summed E-state index contributed by atoms with van der Waals surface area (Å²) in [5, 5.41) is 0.00111. The molecule has 0 atom stereocenters. The molecule has 2 aromatic rings. The van der Waals surface area contributed by atoms with Crippen LogP contribution < -0.4 is 5.43 Å². The van der Waals surface area contributed by atoms with Crippen molar-refractivity contribution in [2.75, 3.05) is 0 Å². The average Bonchev–Trinajstić information content (AvgIpc) is 2.18. The highest BCUT2D eigenvalue weighted by Gasteiger charge is 2.32. The van der Waals surface area contributed by atoms with Crippen molar-refractivity contribution >= 4 is 22.5 Å². The minimum Gasteiger partial charge on any atom is -0.349 e. The van der Waals surface area contributed by atoms with Crippen molar-refractivity contribution in [3.8, 4) is 0 Å². The summed E-state index contributed by atoms with van der Waals surface area (Å²) in [7, 11) is 0. The van der Waals surface area contributed by atoms with Crippen LogP contribution in [-0.4, -0.2) is 9.97 Å². The monoisotopic (exact) mass is 248 g/mol. The summed E-state index contributed by atoms with van der Waals surface area (Å²) >= 11 is 5.65. The molecular weight excluding hydrogens is 245 g/mol. The first-order valence-corrected chi connectivity index (χ1v) is 4.51. The van der Waals surface area contributed by atoms with E-state index in [4.69, 9.17) is 11.6 Å². The van der Waals surface area contributed by atoms with Crippen LogP contribution in [0.25, 0.3) is 10.9 Å². The Kier molecular flexibility index (Phi) is 2.38. The minimum atomic E-state index is -4.61. The molecule has 2 aromatic heterocycles. The Morgan fingerprint density at radius 1 is 1.31 bits per heavy atom. The Morgan fingerprint density at radius 2 is 2.00 bits per heavy atom. The van der Waals surface area contributed by atoms with Gasteiger partial charge in [0.05, 0.1) is 15.9 Å². The normalized spacial score (nSPS) is 12.0. The van der Waals surface area contributed by atoms with E-state index in [2.05, 4.69) is 9.97 Å². The second kappa shape index (κ2) is 3.48. The van der Waals surface area contributed by atoms with E-state index in [0.29, 0.717) is 6.07 Å². The molecule has 0 saturated carbocycles. The lowest BCUT2D eigenvalue weighted by atomic mass is 10.2. The minimum absolute atomic E-state index is 0.0271. The maximum absolute atomic E-state index is 12.4. The third kappa shape index (κ3) is 1.76. The summed E-state index contributed by atoms with van der Waals surface area (Å²) in [6, 6.07) is 0.486. The molecule has 0 amide bonds. The van der Waals surface area contributed by atoms with Crippen molar-refractivity contribution in [3.05, 3.63) is 39.4 Å². The lowest BCUT2D eigenvalue weighted by Crippen LogP contribution is -2.14. The molecule has 2 rings (SSSR count). The van der Waals surface area contributed by atoms with Crippen LogP contribution in [0.4, 0.5) is 13.2 Å². The van der Waals surface area contributed by atoms with E-state index in [1.165, 1.54) is 12.4 Å². The second-order valence-electron chi connectivity index (χ2n) is 3.09. The van der Waals surface area contributed by atoms with Crippen LogP contribution >= 0.6 is 11.6 Å². The fraction of sp³-hybridized carbons (Fsp3) is 0.111. The summed E-state index contributed by atoms with van der Waals surface area (Å²) in [5.41, 5.74) is -1.95. The Bertz CT molecular complexity index is 606. The van der Waals surface area contributed by atoms with Crippen LogP contribution in [0, 0.1) is 0 Å². The Balaban J connectivity index is 2.86. The summed E-state index contributed by atoms with van der Waals surface area (Å²) in [5.74, 6) is 0. The number of fused-ring (bicyclic) bond motifs is 1. The van der Waals surface area contributed by atoms with Gasteiger partial charge in [0.2, 0.25) is 0 Å². The molecule has 0 aromatic carbocycles. The maximum atomic E-state index is 12.4. The van der Waals surface area contributed by atoms with Crippen LogP contribution in [-0.2, 0) is 6.18 Å². The molecule has 0 fully saturated rings. The predicted octanol–water partition coefficient (Wildman–Crippen LogP) is 2.60. The highest BCUT2D eigenvalue weighted by molar-refractivity contribution is 6.34. The van der Waals surface area contributed by atoms with Crippen molar-refractivity contribution in [3.63, 3.8) is 0 Å². The number of hydrogen-bond donors (Lipinski definition) is 1. The Labute approximate surface area is 91.9 Å². The number of hydrogen-bond acceptors (Lipinski definition) is 2. The predicted molar refractivity (Wildman–Crippen MR) is 52.4 cm³/mol. The number of aromatic amines is 1. The number of aromatic nitrogens is 2. The van der Waals surface area contributed by atoms with Crippen molar-refractivity contribution in [1.82, 2.24) is 9.97 Å². The largest absolute Gasteiger partial charge is 0.431 e. The smallest absolute Gasteiger partial charge is 0.349 e. The molecule has 16 heavy (non-hydrogen) atoms. The summed E-state index contributed by atoms with van der Waals surface area (Å²) in [6.45, 7) is 0. The van der Waals surface area contributed by atoms with Crippen LogP contribution in [0.15, 0.2) is 23.3 Å². The molecule has 0 saturated heterocycles. The first-order chi connectivity index (χ1) is 7.39. The Hall–Kier alpha value is -1.56. The van der Waals surface area contributed by atoms with Crippen molar-refractivity contribution in [2.45, 2.75) is 6.18 Å². The van der Waals surface area contributed by atoms with Crippen molar-refractivity contribution in [2.24, 2.45) is 0 Å². The zero-order chi connectivity index (χ0) is 11.9. The molecular formula is C9H4ClF3N2O. The third-order valence-electron chi connectivity index (χ3n) is 2.01. The highest BCUT2D eigenvalue weighted by Crippen LogP contribution is 2.28. The summed E-state index contributed by atoms with van der Waals surface area (Å²) in [6.07, 6.45) is -2.28. The molecule has 84 valence electrons. The molecule has 1 N–H and O–H groups in total. The zero-order valence-electron chi connectivity index (χ0n) is 7.60. The molecule has 0 aliphatic carbocycles. The van der Waals surface area contributed by atoms with E-state index in [-0.39, 0.29) is 15.9 Å². The van der Waals surface area contributed by atoms with Gasteiger partial charge in [0.15, 0.2) is 5.43 Å². The lowest BCUT2D eigenvalue weighted by molar-refractivity contribution is -0.141. The van der Waals surface area contributed by atoms with Gasteiger partial charge in [0.25, 0.3) is 0 Å². The molecule has 0 aliphatic rings. The molecule has 0 bridgehead atoms. The zero-order valence-corrected chi connectivity index (χ0v) is 8.36. The number of rotatable bonds is 0. The molecule has 0 aliphatic heterocycles. The van der Waals surface area contributed by atoms with Crippen molar-refractivity contribution < 1.29 is 13.2 Å². The van der Waals surface area contributed by atoms with Crippen LogP contribution in [0.5, 0.6) is 0 Å². The van der Waals surface area contributed by atoms with Crippen LogP contribution in [0.1, 0.15) is 5.69 Å². The van der Waals surface area contributed by atoms with Crippen LogP contribution in [0.2, 0.25) is 5.02 Å². The average molecular weight is 249 g/mol. The first-order valence-electron chi connectivity index (χ1n) is 4.13. The number of pyridine rings is 2. The topological polar surface area (TPSA) is 45.8 Å². The van der Waals surface area contributed by atoms with Crippen LogP contribution in [0.3, 0.4) is 0 Å². The Morgan fingerprint density at radius 3 is 2.62 bits per heavy atom. The molecule has 0 unspecified atom stereocenters. The van der Waals surface area contributed by atoms with Gasteiger partial charge in [0.1, 0.15) is 5.69 Å². The van der Waals surface area contributed by atoms with Gasteiger partial charge in [-0.3, -0.25) is 9.78 Å². The maximum Gasteiger partial charge on any atom is 0.431 e. The third-order valence-corrected chi connectivity index (χ3v) is 2.29. The second-order valence-corrected chi connectivity index (χ2v) is 3.50. The van der Waals surface area contributed by atoms with E-state index in [1.54, 1.807) is 0 Å². The fourth-order valence-corrected chi connectivity index (χ4v) is 1.49. The molecule has 0 spiro atoms. The van der Waals surface area contributed by atoms with Gasteiger partial charge in [-0.05, 0) is 0 Å². The van der Waals surface area contributed by atoms with E-state index in [1.807, 2.05) is 0 Å². The van der Waals surface area contributed by atoms with Gasteiger partial charge < -0.3 is 4.98 Å². The van der Waals surface area contributed by atoms with E-state index >= 15 is 0 Å². The van der Waals surface area contributed by atoms with Gasteiger partial charge in [-0.2, -0.15) is 13.2 Å². The first kappa shape index (κ1) is 10.9. The number of alkyl halides is 3. The fourth-order valence-electron chi connectivity index (χ4n) is 1.28. The van der Waals surface area contributed by atoms with Gasteiger partial charge in [0, 0.05) is 18.5 Å². The summed E-state index contributed by atoms with van der Waals surface area (Å²) < 4.78 is 37.2. The highest BCUT2D eigenvalue weighted by atomic mass is 35.5. The number of nitrogens with zero attached hydrogens (tertiary/aromatic N) is 1. The molecule has 7 heteroatoms. The molecule has 3 nitrogen and oxygen atoms in total. The van der Waals surface area contributed by atoms with E-state index in [0.717, 1.165) is 0 Å². The van der Waals surface area contributed by atoms with Gasteiger partial charge >= 0.3 is 6.18 Å². The van der Waals surface area contributed by atoms with Gasteiger partial charge in [-0.1, -0.05) is 11.6 Å². The van der Waals surface area contributed by atoms with E-state index < -0.39 is 17.3 Å². The number of nitrogens with one attached hydrogen (secondary N) is 1. The molecule has 2 heterocycles. The number of H-pyrrole nitrogens is 1. The lowest BCUT2D eigenvalue weighted by Gasteiger charge is -2.08. The molecule has 0 radical (unpaired) electrons. The quantitative estimate of drug-likeness (QED) is 0.779. The van der Waals surface area contributed by atoms with Crippen molar-refractivity contribution in [1.29, 1.82) is 0 Å². The van der Waals surface area contributed by atoms with Gasteiger partial charge in [-0.15, -0.1) is 0 Å². The number of halogens is 4. The van der Waals surface area contributed by atoms with E-state index in [9.17, 15) is 18.0 Å². The SMILES string of the molecule is O=c1cc(C(F)(F)F)[nH]c2c(Cl)cncc12. The standard InChI is InChI=1S/C9H4ClF3N2O/c10-5-3-14-2-4-6(16)1-7(9(11,12)13)15-8(4)5/h1-3H,(H,15,16). The van der Waals surface area contributed by atoms with Gasteiger partial charge in [-0.25, -0.2) is 0 Å². The summed E-state index contributed by atoms with van der Waals surface area (Å²) in [4.78, 5) is 17.1.